The van der Waals surface area contributed by atoms with Gasteiger partial charge in [0.25, 0.3) is 0 Å². The van der Waals surface area contributed by atoms with Crippen molar-refractivity contribution in [3.8, 4) is 0 Å². The van der Waals surface area contributed by atoms with Crippen LogP contribution in [0.3, 0.4) is 0 Å². The second-order valence-electron chi connectivity index (χ2n) is 3.79. The average Bonchev–Trinajstić information content (AvgIpc) is 2.28. The van der Waals surface area contributed by atoms with Gasteiger partial charge in [-0.25, -0.2) is 0 Å². The van der Waals surface area contributed by atoms with E-state index < -0.39 is 0 Å². The quantitative estimate of drug-likeness (QED) is 0.678. The van der Waals surface area contributed by atoms with Crippen LogP contribution in [-0.2, 0) is 0 Å². The molecule has 0 radical (unpaired) electrons. The lowest BCUT2D eigenvalue weighted by Crippen LogP contribution is -1.86. The summed E-state index contributed by atoms with van der Waals surface area (Å²) in [5, 5.41) is 7.66. The van der Waals surface area contributed by atoms with Crippen molar-refractivity contribution in [2.24, 2.45) is 0 Å². The molecule has 0 atom stereocenters. The molecule has 0 aliphatic rings. The van der Waals surface area contributed by atoms with E-state index >= 15 is 0 Å². The van der Waals surface area contributed by atoms with Gasteiger partial charge < -0.3 is 0 Å². The Morgan fingerprint density at radius 3 is 1.50 bits per heavy atom. The molecule has 0 N–H and O–H groups in total. The number of aromatic nitrogens is 3. The number of aryl methyl sites for hydroxylation is 4. The minimum Gasteiger partial charge on any atom is -0.261 e. The van der Waals surface area contributed by atoms with E-state index in [1.807, 2.05) is 52.1 Å². The van der Waals surface area contributed by atoms with Crippen LogP contribution in [0.4, 0.5) is 0 Å². The van der Waals surface area contributed by atoms with Crippen LogP contribution in [0.25, 0.3) is 0 Å². The van der Waals surface area contributed by atoms with Gasteiger partial charge in [0.15, 0.2) is 0 Å². The Morgan fingerprint density at radius 2 is 1.19 bits per heavy atom. The second kappa shape index (κ2) is 5.95. The summed E-state index contributed by atoms with van der Waals surface area (Å²) in [5.41, 5.74) is 4.23. The Balaban J connectivity index is 0.000000160. The molecule has 0 aliphatic carbocycles. The van der Waals surface area contributed by atoms with E-state index in [1.165, 1.54) is 5.56 Å². The van der Waals surface area contributed by atoms with E-state index in [4.69, 9.17) is 0 Å². The van der Waals surface area contributed by atoms with Crippen LogP contribution in [0, 0.1) is 27.7 Å². The lowest BCUT2D eigenvalue weighted by molar-refractivity contribution is 0.941. The number of rotatable bonds is 0. The predicted molar refractivity (Wildman–Crippen MR) is 65.2 cm³/mol. The number of hydrogen-bond acceptors (Lipinski definition) is 3. The molecule has 0 aliphatic heterocycles. The van der Waals surface area contributed by atoms with Crippen LogP contribution in [0.5, 0.6) is 0 Å². The SMILES string of the molecule is Cc1ccc(C)nc1.Cc1ccc(C)nn1. The monoisotopic (exact) mass is 215 g/mol. The summed E-state index contributed by atoms with van der Waals surface area (Å²) >= 11 is 0. The first-order valence-corrected chi connectivity index (χ1v) is 5.24. The molecule has 16 heavy (non-hydrogen) atoms. The van der Waals surface area contributed by atoms with Crippen LogP contribution in [0.1, 0.15) is 22.6 Å². The van der Waals surface area contributed by atoms with Gasteiger partial charge in [-0.1, -0.05) is 6.07 Å². The molecule has 0 amide bonds. The van der Waals surface area contributed by atoms with Gasteiger partial charge in [-0.3, -0.25) is 4.98 Å². The third-order valence-corrected chi connectivity index (χ3v) is 1.99. The summed E-state index contributed by atoms with van der Waals surface area (Å²) in [7, 11) is 0. The van der Waals surface area contributed by atoms with Gasteiger partial charge in [0.05, 0.1) is 11.4 Å². The van der Waals surface area contributed by atoms with Gasteiger partial charge in [0.2, 0.25) is 0 Å². The number of pyridine rings is 1. The summed E-state index contributed by atoms with van der Waals surface area (Å²) in [4.78, 5) is 4.08. The second-order valence-corrected chi connectivity index (χ2v) is 3.79. The fourth-order valence-corrected chi connectivity index (χ4v) is 1.01. The zero-order valence-corrected chi connectivity index (χ0v) is 10.2. The molecule has 2 aromatic heterocycles. The lowest BCUT2D eigenvalue weighted by atomic mass is 10.3. The first-order valence-electron chi connectivity index (χ1n) is 5.24. The van der Waals surface area contributed by atoms with Gasteiger partial charge in [-0.2, -0.15) is 10.2 Å². The lowest BCUT2D eigenvalue weighted by Gasteiger charge is -1.89. The fraction of sp³-hybridized carbons (Fsp3) is 0.308. The van der Waals surface area contributed by atoms with Crippen molar-refractivity contribution in [2.45, 2.75) is 27.7 Å². The first-order chi connectivity index (χ1) is 7.58. The summed E-state index contributed by atoms with van der Waals surface area (Å²) in [6.07, 6.45) is 1.87. The Labute approximate surface area is 96.6 Å². The summed E-state index contributed by atoms with van der Waals surface area (Å²) < 4.78 is 0. The highest BCUT2D eigenvalue weighted by Gasteiger charge is 1.83. The molecule has 2 rings (SSSR count). The van der Waals surface area contributed by atoms with Crippen LogP contribution in [-0.4, -0.2) is 15.2 Å². The molecular formula is C13H17N3. The minimum absolute atomic E-state index is 0.968. The molecule has 3 heteroatoms. The van der Waals surface area contributed by atoms with E-state index in [0.29, 0.717) is 0 Å². The van der Waals surface area contributed by atoms with Gasteiger partial charge in [-0.05, 0) is 51.5 Å². The zero-order chi connectivity index (χ0) is 12.0. The highest BCUT2D eigenvalue weighted by Crippen LogP contribution is 1.94. The average molecular weight is 215 g/mol. The fourth-order valence-electron chi connectivity index (χ4n) is 1.01. The summed E-state index contributed by atoms with van der Waals surface area (Å²) in [6.45, 7) is 7.87. The van der Waals surface area contributed by atoms with Crippen molar-refractivity contribution in [1.82, 2.24) is 15.2 Å². The molecule has 0 saturated carbocycles. The standard InChI is InChI=1S/C7H9N.C6H8N2/c1-6-3-4-7(2)8-5-6;1-5-3-4-6(2)8-7-5/h3-5H,1-2H3;3-4H,1-2H3. The Morgan fingerprint density at radius 1 is 0.688 bits per heavy atom. The summed E-state index contributed by atoms with van der Waals surface area (Å²) in [6, 6.07) is 7.96. The molecule has 0 unspecified atom stereocenters. The maximum absolute atomic E-state index is 4.08. The van der Waals surface area contributed by atoms with Gasteiger partial charge >= 0.3 is 0 Å². The molecule has 0 saturated heterocycles. The van der Waals surface area contributed by atoms with Crippen molar-refractivity contribution in [3.05, 3.63) is 53.1 Å². The third-order valence-electron chi connectivity index (χ3n) is 1.99. The molecule has 0 aromatic carbocycles. The van der Waals surface area contributed by atoms with Crippen molar-refractivity contribution in [3.63, 3.8) is 0 Å². The maximum atomic E-state index is 4.08. The molecule has 2 aromatic rings. The summed E-state index contributed by atoms with van der Waals surface area (Å²) in [5.74, 6) is 0. The minimum atomic E-state index is 0.968. The van der Waals surface area contributed by atoms with E-state index in [2.05, 4.69) is 21.2 Å². The Bertz CT molecular complexity index is 332. The van der Waals surface area contributed by atoms with Crippen molar-refractivity contribution >= 4 is 0 Å². The normalized spacial score (nSPS) is 9.25. The zero-order valence-electron chi connectivity index (χ0n) is 10.2. The van der Waals surface area contributed by atoms with Gasteiger partial charge in [0.1, 0.15) is 0 Å². The highest BCUT2D eigenvalue weighted by atomic mass is 15.1. The molecule has 84 valence electrons. The van der Waals surface area contributed by atoms with E-state index in [1.54, 1.807) is 0 Å². The highest BCUT2D eigenvalue weighted by molar-refractivity contribution is 5.10. The van der Waals surface area contributed by atoms with Crippen molar-refractivity contribution in [1.29, 1.82) is 0 Å². The van der Waals surface area contributed by atoms with Crippen molar-refractivity contribution in [2.75, 3.05) is 0 Å². The van der Waals surface area contributed by atoms with Crippen LogP contribution in [0.2, 0.25) is 0 Å². The van der Waals surface area contributed by atoms with Crippen LogP contribution < -0.4 is 0 Å². The molecule has 3 nitrogen and oxygen atoms in total. The molecule has 0 bridgehead atoms. The number of hydrogen-bond donors (Lipinski definition) is 0. The number of nitrogens with zero attached hydrogens (tertiary/aromatic N) is 3. The van der Waals surface area contributed by atoms with Crippen LogP contribution in [0.15, 0.2) is 30.5 Å². The molecule has 2 heterocycles. The molecular weight excluding hydrogens is 198 g/mol. The van der Waals surface area contributed by atoms with Gasteiger partial charge in [0, 0.05) is 11.9 Å². The van der Waals surface area contributed by atoms with E-state index in [9.17, 15) is 0 Å². The van der Waals surface area contributed by atoms with E-state index in [0.717, 1.165) is 17.1 Å². The first kappa shape index (κ1) is 12.3. The maximum Gasteiger partial charge on any atom is 0.0600 e. The smallest absolute Gasteiger partial charge is 0.0600 e. The van der Waals surface area contributed by atoms with Crippen LogP contribution >= 0.6 is 0 Å². The predicted octanol–water partition coefficient (Wildman–Crippen LogP) is 2.79. The molecule has 0 spiro atoms. The third kappa shape index (κ3) is 4.64. The largest absolute Gasteiger partial charge is 0.261 e. The Kier molecular flexibility index (Phi) is 4.58. The Hall–Kier alpha value is -1.77. The topological polar surface area (TPSA) is 38.7 Å². The molecule has 0 fully saturated rings. The van der Waals surface area contributed by atoms with Crippen molar-refractivity contribution < 1.29 is 0 Å². The van der Waals surface area contributed by atoms with E-state index in [-0.39, 0.29) is 0 Å². The van der Waals surface area contributed by atoms with Gasteiger partial charge in [-0.15, -0.1) is 0 Å².